The summed E-state index contributed by atoms with van der Waals surface area (Å²) in [5, 5.41) is 3.39. The number of rotatable bonds is 7. The van der Waals surface area contributed by atoms with Crippen LogP contribution in [-0.2, 0) is 4.79 Å². The Balaban J connectivity index is 1.80. The van der Waals surface area contributed by atoms with E-state index in [0.717, 1.165) is 18.4 Å². The SMILES string of the molecule is CCCOc1cc(C)ccc1NC(=O)C1CCCN1C(=O)c1cc(Cl)ccc1OC. The van der Waals surface area contributed by atoms with Gasteiger partial charge < -0.3 is 19.7 Å². The zero-order valence-electron chi connectivity index (χ0n) is 17.5. The molecule has 1 fully saturated rings. The van der Waals surface area contributed by atoms with E-state index in [4.69, 9.17) is 21.1 Å². The number of carbonyl (C=O) groups is 2. The smallest absolute Gasteiger partial charge is 0.258 e. The van der Waals surface area contributed by atoms with Crippen molar-refractivity contribution in [3.8, 4) is 11.5 Å². The lowest BCUT2D eigenvalue weighted by Crippen LogP contribution is -2.43. The number of likely N-dealkylation sites (tertiary alicyclic amines) is 1. The van der Waals surface area contributed by atoms with E-state index in [2.05, 4.69) is 5.32 Å². The summed E-state index contributed by atoms with van der Waals surface area (Å²) in [4.78, 5) is 27.8. The van der Waals surface area contributed by atoms with Crippen LogP contribution in [0.2, 0.25) is 5.02 Å². The van der Waals surface area contributed by atoms with Gasteiger partial charge in [-0.1, -0.05) is 24.6 Å². The maximum Gasteiger partial charge on any atom is 0.258 e. The molecule has 1 saturated heterocycles. The van der Waals surface area contributed by atoms with Gasteiger partial charge in [-0.05, 0) is 62.1 Å². The van der Waals surface area contributed by atoms with Crippen molar-refractivity contribution in [1.29, 1.82) is 0 Å². The van der Waals surface area contributed by atoms with E-state index in [1.165, 1.54) is 7.11 Å². The van der Waals surface area contributed by atoms with Crippen LogP contribution in [0.15, 0.2) is 36.4 Å². The molecule has 2 aromatic rings. The molecule has 2 aromatic carbocycles. The maximum atomic E-state index is 13.2. The summed E-state index contributed by atoms with van der Waals surface area (Å²) < 4.78 is 11.1. The molecule has 2 amide bonds. The zero-order valence-corrected chi connectivity index (χ0v) is 18.3. The third kappa shape index (κ3) is 4.87. The maximum absolute atomic E-state index is 13.2. The third-order valence-electron chi connectivity index (χ3n) is 5.06. The molecule has 0 radical (unpaired) electrons. The standard InChI is InChI=1S/C23H27ClN2O4/c1-4-12-30-21-13-15(2)7-9-18(21)25-22(27)19-6-5-11-26(19)23(28)17-14-16(24)8-10-20(17)29-3/h7-10,13-14,19H,4-6,11-12H2,1-3H3,(H,25,27). The monoisotopic (exact) mass is 430 g/mol. The molecular formula is C23H27ClN2O4. The molecule has 1 aliphatic rings. The van der Waals surface area contributed by atoms with Crippen LogP contribution >= 0.6 is 11.6 Å². The minimum atomic E-state index is -0.568. The molecule has 1 heterocycles. The first-order chi connectivity index (χ1) is 14.4. The quantitative estimate of drug-likeness (QED) is 0.691. The highest BCUT2D eigenvalue weighted by Crippen LogP contribution is 2.30. The van der Waals surface area contributed by atoms with Gasteiger partial charge in [0.1, 0.15) is 17.5 Å². The van der Waals surface area contributed by atoms with E-state index in [9.17, 15) is 9.59 Å². The number of benzene rings is 2. The number of hydrogen-bond acceptors (Lipinski definition) is 4. The molecule has 7 heteroatoms. The first-order valence-corrected chi connectivity index (χ1v) is 10.5. The number of halogens is 1. The average Bonchev–Trinajstić information content (AvgIpc) is 3.23. The van der Waals surface area contributed by atoms with E-state index < -0.39 is 6.04 Å². The average molecular weight is 431 g/mol. The molecule has 1 unspecified atom stereocenters. The van der Waals surface area contributed by atoms with E-state index in [1.54, 1.807) is 23.1 Å². The fourth-order valence-electron chi connectivity index (χ4n) is 3.56. The topological polar surface area (TPSA) is 67.9 Å². The van der Waals surface area contributed by atoms with E-state index >= 15 is 0 Å². The molecule has 6 nitrogen and oxygen atoms in total. The van der Waals surface area contributed by atoms with Crippen molar-refractivity contribution in [2.75, 3.05) is 25.6 Å². The molecule has 0 saturated carbocycles. The minimum Gasteiger partial charge on any atom is -0.496 e. The van der Waals surface area contributed by atoms with Crippen LogP contribution in [0.1, 0.15) is 42.1 Å². The van der Waals surface area contributed by atoms with Gasteiger partial charge >= 0.3 is 0 Å². The molecule has 0 bridgehead atoms. The summed E-state index contributed by atoms with van der Waals surface area (Å²) in [6.07, 6.45) is 2.21. The molecular weight excluding hydrogens is 404 g/mol. The number of nitrogens with one attached hydrogen (secondary N) is 1. The Labute approximate surface area is 182 Å². The first kappa shape index (κ1) is 22.0. The Kier molecular flexibility index (Phi) is 7.21. The van der Waals surface area contributed by atoms with Crippen LogP contribution in [0.3, 0.4) is 0 Å². The van der Waals surface area contributed by atoms with E-state index in [0.29, 0.717) is 47.3 Å². The summed E-state index contributed by atoms with van der Waals surface area (Å²) in [5.41, 5.74) is 2.01. The van der Waals surface area contributed by atoms with Gasteiger partial charge in [-0.2, -0.15) is 0 Å². The van der Waals surface area contributed by atoms with Gasteiger partial charge in [-0.15, -0.1) is 0 Å². The van der Waals surface area contributed by atoms with E-state index in [-0.39, 0.29) is 11.8 Å². The van der Waals surface area contributed by atoms with Crippen LogP contribution in [-0.4, -0.2) is 43.0 Å². The number of methoxy groups -OCH3 is 1. The van der Waals surface area contributed by atoms with Crippen molar-refractivity contribution in [2.45, 2.75) is 39.2 Å². The molecule has 160 valence electrons. The molecule has 1 aliphatic heterocycles. The summed E-state index contributed by atoms with van der Waals surface area (Å²) in [6.45, 7) is 5.06. The largest absolute Gasteiger partial charge is 0.496 e. The molecule has 0 aromatic heterocycles. The summed E-state index contributed by atoms with van der Waals surface area (Å²) in [6, 6.07) is 9.99. The van der Waals surface area contributed by atoms with Crippen LogP contribution in [0.4, 0.5) is 5.69 Å². The number of carbonyl (C=O) groups excluding carboxylic acids is 2. The van der Waals surface area contributed by atoms with Crippen molar-refractivity contribution in [3.05, 3.63) is 52.5 Å². The highest BCUT2D eigenvalue weighted by molar-refractivity contribution is 6.31. The Morgan fingerprint density at radius 3 is 2.73 bits per heavy atom. The van der Waals surface area contributed by atoms with Crippen molar-refractivity contribution in [1.82, 2.24) is 4.90 Å². The number of nitrogens with zero attached hydrogens (tertiary/aromatic N) is 1. The predicted octanol–water partition coefficient (Wildman–Crippen LogP) is 4.69. The lowest BCUT2D eigenvalue weighted by Gasteiger charge is -2.25. The Morgan fingerprint density at radius 1 is 1.20 bits per heavy atom. The van der Waals surface area contributed by atoms with Gasteiger partial charge in [0.25, 0.3) is 5.91 Å². The molecule has 3 rings (SSSR count). The van der Waals surface area contributed by atoms with Gasteiger partial charge in [-0.25, -0.2) is 0 Å². The van der Waals surface area contributed by atoms with Gasteiger partial charge in [0.05, 0.1) is 25.0 Å². The Bertz CT molecular complexity index is 931. The molecule has 30 heavy (non-hydrogen) atoms. The number of aryl methyl sites for hydroxylation is 1. The van der Waals surface area contributed by atoms with Crippen molar-refractivity contribution < 1.29 is 19.1 Å². The third-order valence-corrected chi connectivity index (χ3v) is 5.30. The summed E-state index contributed by atoms with van der Waals surface area (Å²) in [7, 11) is 1.50. The Hall–Kier alpha value is -2.73. The van der Waals surface area contributed by atoms with Gasteiger partial charge in [0.15, 0.2) is 0 Å². The van der Waals surface area contributed by atoms with Crippen molar-refractivity contribution in [2.24, 2.45) is 0 Å². The fraction of sp³-hybridized carbons (Fsp3) is 0.391. The molecule has 0 aliphatic carbocycles. The van der Waals surface area contributed by atoms with Crippen LogP contribution in [0.5, 0.6) is 11.5 Å². The van der Waals surface area contributed by atoms with Crippen molar-refractivity contribution in [3.63, 3.8) is 0 Å². The number of hydrogen-bond donors (Lipinski definition) is 1. The van der Waals surface area contributed by atoms with Crippen molar-refractivity contribution >= 4 is 29.1 Å². The highest BCUT2D eigenvalue weighted by atomic mass is 35.5. The lowest BCUT2D eigenvalue weighted by molar-refractivity contribution is -0.119. The minimum absolute atomic E-state index is 0.230. The lowest BCUT2D eigenvalue weighted by atomic mass is 10.1. The van der Waals surface area contributed by atoms with Crippen LogP contribution < -0.4 is 14.8 Å². The highest BCUT2D eigenvalue weighted by Gasteiger charge is 2.36. The normalized spacial score (nSPS) is 15.7. The van der Waals surface area contributed by atoms with Crippen LogP contribution in [0, 0.1) is 6.92 Å². The molecule has 1 atom stereocenters. The van der Waals surface area contributed by atoms with Gasteiger partial charge in [-0.3, -0.25) is 9.59 Å². The number of ether oxygens (including phenoxy) is 2. The molecule has 0 spiro atoms. The van der Waals surface area contributed by atoms with Gasteiger partial charge in [0.2, 0.25) is 5.91 Å². The second-order valence-corrected chi connectivity index (χ2v) is 7.77. The second kappa shape index (κ2) is 9.85. The fourth-order valence-corrected chi connectivity index (χ4v) is 3.74. The van der Waals surface area contributed by atoms with E-state index in [1.807, 2.05) is 32.0 Å². The first-order valence-electron chi connectivity index (χ1n) is 10.1. The summed E-state index contributed by atoms with van der Waals surface area (Å²) >= 11 is 6.08. The van der Waals surface area contributed by atoms with Gasteiger partial charge in [0, 0.05) is 11.6 Å². The predicted molar refractivity (Wildman–Crippen MR) is 118 cm³/mol. The van der Waals surface area contributed by atoms with Crippen LogP contribution in [0.25, 0.3) is 0 Å². The number of amides is 2. The second-order valence-electron chi connectivity index (χ2n) is 7.34. The summed E-state index contributed by atoms with van der Waals surface area (Å²) in [5.74, 6) is 0.576. The number of anilines is 1. The Morgan fingerprint density at radius 2 is 2.00 bits per heavy atom. The molecule has 1 N–H and O–H groups in total. The zero-order chi connectivity index (χ0) is 21.7.